The van der Waals surface area contributed by atoms with Gasteiger partial charge in [0, 0.05) is 6.07 Å². The Morgan fingerprint density at radius 1 is 0.848 bits per heavy atom. The van der Waals surface area contributed by atoms with Crippen LogP contribution in [0.4, 0.5) is 0 Å². The molecule has 0 amide bonds. The molecule has 0 saturated carbocycles. The Balaban J connectivity index is 1.41. The second-order valence-corrected chi connectivity index (χ2v) is 7.60. The van der Waals surface area contributed by atoms with Crippen molar-refractivity contribution >= 4 is 27.7 Å². The van der Waals surface area contributed by atoms with Gasteiger partial charge in [-0.15, -0.1) is 0 Å². The zero-order valence-corrected chi connectivity index (χ0v) is 17.9. The standard InChI is InChI=1S/C28H20O5/c1-2-18-10-12-20(13-11-18)32-26-17-31-25-16-21(14-15-24(25)27(26)29)33-28(30)23-9-5-7-19-6-3-4-8-22(19)23/h3-17H,2H2,1H3. The fourth-order valence-corrected chi connectivity index (χ4v) is 3.71. The molecule has 0 saturated heterocycles. The van der Waals surface area contributed by atoms with E-state index in [4.69, 9.17) is 13.9 Å². The highest BCUT2D eigenvalue weighted by Gasteiger charge is 2.15. The van der Waals surface area contributed by atoms with Gasteiger partial charge < -0.3 is 13.9 Å². The molecule has 0 aliphatic rings. The van der Waals surface area contributed by atoms with E-state index in [1.165, 1.54) is 17.9 Å². The molecular weight excluding hydrogens is 416 g/mol. The summed E-state index contributed by atoms with van der Waals surface area (Å²) in [7, 11) is 0. The molecule has 4 aromatic carbocycles. The third-order valence-corrected chi connectivity index (χ3v) is 5.49. The number of esters is 1. The molecule has 0 bridgehead atoms. The molecule has 0 unspecified atom stereocenters. The average Bonchev–Trinajstić information content (AvgIpc) is 2.86. The predicted octanol–water partition coefficient (Wildman–Crippen LogP) is 6.52. The lowest BCUT2D eigenvalue weighted by molar-refractivity contribution is 0.0737. The van der Waals surface area contributed by atoms with Crippen LogP contribution in [0.25, 0.3) is 21.7 Å². The van der Waals surface area contributed by atoms with Crippen molar-refractivity contribution in [3.05, 3.63) is 113 Å². The van der Waals surface area contributed by atoms with Gasteiger partial charge in [0.25, 0.3) is 0 Å². The Bertz CT molecular complexity index is 1530. The van der Waals surface area contributed by atoms with Crippen LogP contribution in [0.5, 0.6) is 17.2 Å². The van der Waals surface area contributed by atoms with E-state index in [1.54, 1.807) is 18.2 Å². The van der Waals surface area contributed by atoms with Gasteiger partial charge in [-0.1, -0.05) is 55.5 Å². The zero-order chi connectivity index (χ0) is 22.8. The Morgan fingerprint density at radius 3 is 2.42 bits per heavy atom. The Kier molecular flexibility index (Phi) is 5.37. The van der Waals surface area contributed by atoms with Crippen LogP contribution < -0.4 is 14.9 Å². The number of aryl methyl sites for hydroxylation is 1. The first kappa shape index (κ1) is 20.5. The minimum atomic E-state index is -0.482. The summed E-state index contributed by atoms with van der Waals surface area (Å²) in [5.74, 6) is 0.447. The van der Waals surface area contributed by atoms with E-state index >= 15 is 0 Å². The van der Waals surface area contributed by atoms with Gasteiger partial charge >= 0.3 is 5.97 Å². The van der Waals surface area contributed by atoms with Crippen LogP contribution in [-0.2, 0) is 6.42 Å². The maximum Gasteiger partial charge on any atom is 0.344 e. The Labute approximate surface area is 189 Å². The van der Waals surface area contributed by atoms with Crippen molar-refractivity contribution in [2.24, 2.45) is 0 Å². The van der Waals surface area contributed by atoms with Gasteiger partial charge in [-0.05, 0) is 53.1 Å². The van der Waals surface area contributed by atoms with E-state index in [1.807, 2.05) is 60.7 Å². The molecule has 33 heavy (non-hydrogen) atoms. The zero-order valence-electron chi connectivity index (χ0n) is 17.9. The molecular formula is C28H20O5. The lowest BCUT2D eigenvalue weighted by Gasteiger charge is -2.09. The lowest BCUT2D eigenvalue weighted by atomic mass is 10.0. The fourth-order valence-electron chi connectivity index (χ4n) is 3.71. The summed E-state index contributed by atoms with van der Waals surface area (Å²) >= 11 is 0. The monoisotopic (exact) mass is 436 g/mol. The number of carbonyl (C=O) groups is 1. The summed E-state index contributed by atoms with van der Waals surface area (Å²) in [6.45, 7) is 2.07. The van der Waals surface area contributed by atoms with Gasteiger partial charge in [0.15, 0.2) is 0 Å². The highest BCUT2D eigenvalue weighted by Crippen LogP contribution is 2.26. The Morgan fingerprint density at radius 2 is 1.61 bits per heavy atom. The molecule has 5 aromatic rings. The van der Waals surface area contributed by atoms with Crippen LogP contribution in [0.1, 0.15) is 22.8 Å². The summed E-state index contributed by atoms with van der Waals surface area (Å²) in [5, 5.41) is 2.10. The summed E-state index contributed by atoms with van der Waals surface area (Å²) in [5.41, 5.74) is 1.64. The second-order valence-electron chi connectivity index (χ2n) is 7.60. The molecule has 162 valence electrons. The lowest BCUT2D eigenvalue weighted by Crippen LogP contribution is -2.09. The summed E-state index contributed by atoms with van der Waals surface area (Å²) in [6.07, 6.45) is 2.19. The van der Waals surface area contributed by atoms with Crippen molar-refractivity contribution in [2.45, 2.75) is 13.3 Å². The predicted molar refractivity (Wildman–Crippen MR) is 127 cm³/mol. The first-order valence-electron chi connectivity index (χ1n) is 10.6. The van der Waals surface area contributed by atoms with Crippen molar-refractivity contribution in [1.82, 2.24) is 0 Å². The number of benzene rings is 4. The van der Waals surface area contributed by atoms with E-state index in [-0.39, 0.29) is 16.9 Å². The molecule has 0 fully saturated rings. The number of hydrogen-bond acceptors (Lipinski definition) is 5. The third-order valence-electron chi connectivity index (χ3n) is 5.49. The van der Waals surface area contributed by atoms with Crippen molar-refractivity contribution in [1.29, 1.82) is 0 Å². The molecule has 0 spiro atoms. The summed E-state index contributed by atoms with van der Waals surface area (Å²) in [6, 6.07) is 25.3. The third kappa shape index (κ3) is 4.08. The first-order chi connectivity index (χ1) is 16.1. The molecule has 0 radical (unpaired) electrons. The molecule has 0 aliphatic carbocycles. The SMILES string of the molecule is CCc1ccc(Oc2coc3cc(OC(=O)c4cccc5ccccc45)ccc3c2=O)cc1. The van der Waals surface area contributed by atoms with Gasteiger partial charge in [-0.2, -0.15) is 0 Å². The van der Waals surface area contributed by atoms with Crippen LogP contribution in [0.3, 0.4) is 0 Å². The van der Waals surface area contributed by atoms with E-state index in [0.717, 1.165) is 17.2 Å². The number of hydrogen-bond donors (Lipinski definition) is 0. The van der Waals surface area contributed by atoms with Gasteiger partial charge in [-0.3, -0.25) is 4.79 Å². The van der Waals surface area contributed by atoms with Crippen LogP contribution in [0.2, 0.25) is 0 Å². The van der Waals surface area contributed by atoms with E-state index in [2.05, 4.69) is 6.92 Å². The van der Waals surface area contributed by atoms with Crippen LogP contribution in [-0.4, -0.2) is 5.97 Å². The Hall–Kier alpha value is -4.38. The second kappa shape index (κ2) is 8.63. The minimum Gasteiger partial charge on any atom is -0.460 e. The number of carbonyl (C=O) groups excluding carboxylic acids is 1. The number of fused-ring (bicyclic) bond motifs is 2. The molecule has 0 atom stereocenters. The maximum absolute atomic E-state index is 12.9. The fraction of sp³-hybridized carbons (Fsp3) is 0.0714. The normalized spacial score (nSPS) is 10.9. The maximum atomic E-state index is 12.9. The molecule has 5 heteroatoms. The molecule has 0 N–H and O–H groups in total. The first-order valence-corrected chi connectivity index (χ1v) is 10.6. The van der Waals surface area contributed by atoms with Gasteiger partial charge in [0.1, 0.15) is 23.3 Å². The molecule has 5 nitrogen and oxygen atoms in total. The quantitative estimate of drug-likeness (QED) is 0.232. The van der Waals surface area contributed by atoms with Crippen molar-refractivity contribution < 1.29 is 18.7 Å². The van der Waals surface area contributed by atoms with Crippen molar-refractivity contribution in [3.63, 3.8) is 0 Å². The van der Waals surface area contributed by atoms with Crippen LogP contribution in [0.15, 0.2) is 100 Å². The number of rotatable bonds is 5. The van der Waals surface area contributed by atoms with E-state index in [0.29, 0.717) is 22.3 Å². The van der Waals surface area contributed by atoms with Crippen LogP contribution in [0, 0.1) is 0 Å². The highest BCUT2D eigenvalue weighted by molar-refractivity contribution is 6.05. The summed E-state index contributed by atoms with van der Waals surface area (Å²) < 4.78 is 16.9. The van der Waals surface area contributed by atoms with Gasteiger partial charge in [0.2, 0.25) is 11.2 Å². The van der Waals surface area contributed by atoms with Gasteiger partial charge in [-0.25, -0.2) is 4.79 Å². The molecule has 1 aromatic heterocycles. The van der Waals surface area contributed by atoms with Gasteiger partial charge in [0.05, 0.1) is 10.9 Å². The largest absolute Gasteiger partial charge is 0.460 e. The molecule has 5 rings (SSSR count). The highest BCUT2D eigenvalue weighted by atomic mass is 16.5. The smallest absolute Gasteiger partial charge is 0.344 e. The average molecular weight is 436 g/mol. The van der Waals surface area contributed by atoms with E-state index < -0.39 is 5.97 Å². The summed E-state index contributed by atoms with van der Waals surface area (Å²) in [4.78, 5) is 25.7. The molecule has 1 heterocycles. The van der Waals surface area contributed by atoms with E-state index in [9.17, 15) is 9.59 Å². The topological polar surface area (TPSA) is 65.7 Å². The van der Waals surface area contributed by atoms with Crippen molar-refractivity contribution in [2.75, 3.05) is 0 Å². The van der Waals surface area contributed by atoms with Crippen molar-refractivity contribution in [3.8, 4) is 17.2 Å². The van der Waals surface area contributed by atoms with Crippen LogP contribution >= 0.6 is 0 Å². The number of ether oxygens (including phenoxy) is 2. The minimum absolute atomic E-state index is 0.0900. The molecule has 0 aliphatic heterocycles.